The fourth-order valence-corrected chi connectivity index (χ4v) is 1.81. The van der Waals surface area contributed by atoms with Crippen molar-refractivity contribution in [2.75, 3.05) is 32.2 Å². The first-order valence-electron chi connectivity index (χ1n) is 5.59. The van der Waals surface area contributed by atoms with E-state index < -0.39 is 0 Å². The van der Waals surface area contributed by atoms with Gasteiger partial charge in [-0.3, -0.25) is 0 Å². The fraction of sp³-hybridized carbons (Fsp3) is 0.538. The van der Waals surface area contributed by atoms with E-state index in [-0.39, 0.29) is 5.41 Å². The lowest BCUT2D eigenvalue weighted by molar-refractivity contribution is -0.0924. The highest BCUT2D eigenvalue weighted by atomic mass is 16.5. The predicted octanol–water partition coefficient (Wildman–Crippen LogP) is 2.45. The molecule has 0 radical (unpaired) electrons. The smallest absolute Gasteiger partial charge is 0.142 e. The highest BCUT2D eigenvalue weighted by Crippen LogP contribution is 2.30. The number of hydrogen-bond donors (Lipinski definition) is 1. The number of aryl methyl sites for hydroxylation is 1. The molecule has 1 aliphatic rings. The van der Waals surface area contributed by atoms with E-state index in [2.05, 4.69) is 31.3 Å². The molecule has 0 saturated carbocycles. The van der Waals surface area contributed by atoms with Crippen molar-refractivity contribution in [3.8, 4) is 5.75 Å². The molecule has 2 rings (SSSR count). The molecule has 3 heteroatoms. The van der Waals surface area contributed by atoms with Crippen molar-refractivity contribution >= 4 is 5.69 Å². The van der Waals surface area contributed by atoms with E-state index in [9.17, 15) is 0 Å². The van der Waals surface area contributed by atoms with E-state index in [0.29, 0.717) is 0 Å². The van der Waals surface area contributed by atoms with Gasteiger partial charge in [0.1, 0.15) is 5.75 Å². The first-order valence-corrected chi connectivity index (χ1v) is 5.59. The van der Waals surface area contributed by atoms with Crippen molar-refractivity contribution in [1.29, 1.82) is 0 Å². The van der Waals surface area contributed by atoms with Crippen LogP contribution in [0.1, 0.15) is 12.5 Å². The number of rotatable bonds is 4. The molecule has 1 heterocycles. The molecule has 0 aliphatic carbocycles. The summed E-state index contributed by atoms with van der Waals surface area (Å²) in [6.45, 7) is 6.90. The van der Waals surface area contributed by atoms with Gasteiger partial charge in [0.15, 0.2) is 0 Å². The maximum Gasteiger partial charge on any atom is 0.142 e. The number of nitrogens with one attached hydrogen (secondary N) is 1. The molecule has 1 saturated heterocycles. The van der Waals surface area contributed by atoms with Gasteiger partial charge in [-0.1, -0.05) is 13.0 Å². The molecule has 1 aromatic rings. The number of anilines is 1. The van der Waals surface area contributed by atoms with Gasteiger partial charge >= 0.3 is 0 Å². The minimum atomic E-state index is 0.274. The van der Waals surface area contributed by atoms with Crippen LogP contribution in [-0.4, -0.2) is 26.9 Å². The Kier molecular flexibility index (Phi) is 3.06. The zero-order valence-electron chi connectivity index (χ0n) is 10.2. The number of hydrogen-bond acceptors (Lipinski definition) is 3. The lowest BCUT2D eigenvalue weighted by atomic mass is 9.88. The lowest BCUT2D eigenvalue weighted by Crippen LogP contribution is -2.45. The highest BCUT2D eigenvalue weighted by molar-refractivity contribution is 5.57. The Bertz CT molecular complexity index is 372. The van der Waals surface area contributed by atoms with Crippen LogP contribution in [0.4, 0.5) is 5.69 Å². The molecular formula is C13H19NO2. The Morgan fingerprint density at radius 2 is 2.19 bits per heavy atom. The average Bonchev–Trinajstić information content (AvgIpc) is 2.24. The molecule has 0 amide bonds. The molecule has 0 bridgehead atoms. The lowest BCUT2D eigenvalue weighted by Gasteiger charge is -2.38. The molecule has 3 nitrogen and oxygen atoms in total. The summed E-state index contributed by atoms with van der Waals surface area (Å²) in [5.74, 6) is 0.906. The molecule has 1 aliphatic heterocycles. The molecule has 16 heavy (non-hydrogen) atoms. The van der Waals surface area contributed by atoms with Crippen LogP contribution in [0.2, 0.25) is 0 Å². The van der Waals surface area contributed by atoms with Crippen LogP contribution in [0.25, 0.3) is 0 Å². The van der Waals surface area contributed by atoms with E-state index in [1.165, 1.54) is 5.56 Å². The zero-order valence-corrected chi connectivity index (χ0v) is 10.2. The summed E-state index contributed by atoms with van der Waals surface area (Å²) < 4.78 is 10.6. The van der Waals surface area contributed by atoms with Crippen LogP contribution < -0.4 is 10.1 Å². The van der Waals surface area contributed by atoms with E-state index in [0.717, 1.165) is 31.2 Å². The van der Waals surface area contributed by atoms with Crippen molar-refractivity contribution in [3.05, 3.63) is 23.8 Å². The average molecular weight is 221 g/mol. The maximum atomic E-state index is 5.35. The Morgan fingerprint density at radius 1 is 1.44 bits per heavy atom. The van der Waals surface area contributed by atoms with Crippen LogP contribution in [0.5, 0.6) is 5.75 Å². The quantitative estimate of drug-likeness (QED) is 0.847. The molecule has 0 atom stereocenters. The summed E-state index contributed by atoms with van der Waals surface area (Å²) in [5, 5.41) is 3.43. The molecule has 1 N–H and O–H groups in total. The molecular weight excluding hydrogens is 202 g/mol. The van der Waals surface area contributed by atoms with Gasteiger partial charge in [0.25, 0.3) is 0 Å². The highest BCUT2D eigenvalue weighted by Gasteiger charge is 2.33. The van der Waals surface area contributed by atoms with Gasteiger partial charge in [-0.2, -0.15) is 0 Å². The minimum Gasteiger partial charge on any atom is -0.495 e. The first kappa shape index (κ1) is 11.3. The van der Waals surface area contributed by atoms with Gasteiger partial charge in [-0.25, -0.2) is 0 Å². The third-order valence-corrected chi connectivity index (χ3v) is 2.96. The van der Waals surface area contributed by atoms with Gasteiger partial charge in [0.05, 0.1) is 26.0 Å². The van der Waals surface area contributed by atoms with E-state index in [1.54, 1.807) is 7.11 Å². The number of methoxy groups -OCH3 is 1. The Hall–Kier alpha value is -1.22. The van der Waals surface area contributed by atoms with Crippen molar-refractivity contribution < 1.29 is 9.47 Å². The van der Waals surface area contributed by atoms with Gasteiger partial charge in [0, 0.05) is 12.0 Å². The van der Waals surface area contributed by atoms with Crippen molar-refractivity contribution in [3.63, 3.8) is 0 Å². The van der Waals surface area contributed by atoms with Crippen LogP contribution >= 0.6 is 0 Å². The molecule has 88 valence electrons. The third kappa shape index (κ3) is 2.30. The first-order chi connectivity index (χ1) is 7.63. The molecule has 0 aromatic heterocycles. The Balaban J connectivity index is 2.03. The predicted molar refractivity (Wildman–Crippen MR) is 65.1 cm³/mol. The summed E-state index contributed by atoms with van der Waals surface area (Å²) >= 11 is 0. The molecule has 0 spiro atoms. The Morgan fingerprint density at radius 3 is 2.75 bits per heavy atom. The fourth-order valence-electron chi connectivity index (χ4n) is 1.81. The normalized spacial score (nSPS) is 17.7. The van der Waals surface area contributed by atoms with Crippen molar-refractivity contribution in [2.24, 2.45) is 5.41 Å². The summed E-state index contributed by atoms with van der Waals surface area (Å²) in [5.41, 5.74) is 2.54. The Labute approximate surface area is 96.8 Å². The SMILES string of the molecule is COc1cc(C)ccc1NCC1(C)COC1. The summed E-state index contributed by atoms with van der Waals surface area (Å²) in [6, 6.07) is 6.20. The molecule has 1 fully saturated rings. The second kappa shape index (κ2) is 4.34. The van der Waals surface area contributed by atoms with Crippen molar-refractivity contribution in [1.82, 2.24) is 0 Å². The summed E-state index contributed by atoms with van der Waals surface area (Å²) in [7, 11) is 1.70. The van der Waals surface area contributed by atoms with E-state index in [1.807, 2.05) is 6.07 Å². The second-order valence-corrected chi connectivity index (χ2v) is 4.86. The second-order valence-electron chi connectivity index (χ2n) is 4.86. The summed E-state index contributed by atoms with van der Waals surface area (Å²) in [6.07, 6.45) is 0. The topological polar surface area (TPSA) is 30.5 Å². The largest absolute Gasteiger partial charge is 0.495 e. The van der Waals surface area contributed by atoms with Gasteiger partial charge in [-0.05, 0) is 24.6 Å². The van der Waals surface area contributed by atoms with Gasteiger partial charge in [0.2, 0.25) is 0 Å². The van der Waals surface area contributed by atoms with Crippen LogP contribution in [0.3, 0.4) is 0 Å². The molecule has 1 aromatic carbocycles. The monoisotopic (exact) mass is 221 g/mol. The van der Waals surface area contributed by atoms with E-state index in [4.69, 9.17) is 9.47 Å². The van der Waals surface area contributed by atoms with E-state index >= 15 is 0 Å². The molecule has 0 unspecified atom stereocenters. The summed E-state index contributed by atoms with van der Waals surface area (Å²) in [4.78, 5) is 0. The van der Waals surface area contributed by atoms with Gasteiger partial charge in [-0.15, -0.1) is 0 Å². The number of benzene rings is 1. The number of ether oxygens (including phenoxy) is 2. The standard InChI is InChI=1S/C13H19NO2/c1-10-4-5-11(12(6-10)15-3)14-7-13(2)8-16-9-13/h4-6,14H,7-9H2,1-3H3. The third-order valence-electron chi connectivity index (χ3n) is 2.96. The zero-order chi connectivity index (χ0) is 11.6. The van der Waals surface area contributed by atoms with Crippen molar-refractivity contribution in [2.45, 2.75) is 13.8 Å². The van der Waals surface area contributed by atoms with Crippen LogP contribution in [0.15, 0.2) is 18.2 Å². The van der Waals surface area contributed by atoms with Gasteiger partial charge < -0.3 is 14.8 Å². The minimum absolute atomic E-state index is 0.274. The van der Waals surface area contributed by atoms with Crippen LogP contribution in [-0.2, 0) is 4.74 Å². The maximum absolute atomic E-state index is 5.35. The van der Waals surface area contributed by atoms with Crippen LogP contribution in [0, 0.1) is 12.3 Å².